The summed E-state index contributed by atoms with van der Waals surface area (Å²) in [6.07, 6.45) is 1.00. The lowest BCUT2D eigenvalue weighted by Gasteiger charge is -2.18. The molecule has 1 rings (SSSR count). The normalized spacial score (nSPS) is 15.3. The van der Waals surface area contributed by atoms with E-state index < -0.39 is 12.3 Å². The van der Waals surface area contributed by atoms with Gasteiger partial charge in [0, 0.05) is 0 Å². The molecule has 0 radical (unpaired) electrons. The lowest BCUT2D eigenvalue weighted by atomic mass is 9.95. The third kappa shape index (κ3) is 3.31. The molecule has 1 atom stereocenters. The number of alkyl halides is 1. The minimum Gasteiger partial charge on any atom is -0.393 e. The van der Waals surface area contributed by atoms with Gasteiger partial charge in [-0.25, -0.2) is 4.39 Å². The second kappa shape index (κ2) is 4.75. The molecular formula is C13H19FO. The second-order valence-electron chi connectivity index (χ2n) is 4.65. The predicted octanol–water partition coefficient (Wildman–Crippen LogP) is 3.06. The third-order valence-electron chi connectivity index (χ3n) is 2.50. The fraction of sp³-hybridized carbons (Fsp3) is 0.538. The van der Waals surface area contributed by atoms with Gasteiger partial charge in [-0.15, -0.1) is 0 Å². The molecule has 0 saturated carbocycles. The van der Waals surface area contributed by atoms with Crippen LogP contribution >= 0.6 is 0 Å². The first-order valence-electron chi connectivity index (χ1n) is 5.35. The molecule has 1 nitrogen and oxygen atoms in total. The van der Waals surface area contributed by atoms with Crippen LogP contribution in [-0.4, -0.2) is 11.7 Å². The number of rotatable bonds is 4. The van der Waals surface area contributed by atoms with Crippen molar-refractivity contribution in [2.45, 2.75) is 32.9 Å². The Bertz CT molecular complexity index is 301. The van der Waals surface area contributed by atoms with Gasteiger partial charge in [0.2, 0.25) is 0 Å². The van der Waals surface area contributed by atoms with Crippen LogP contribution < -0.4 is 0 Å². The Morgan fingerprint density at radius 1 is 1.27 bits per heavy atom. The lowest BCUT2D eigenvalue weighted by molar-refractivity contribution is 0.0868. The van der Waals surface area contributed by atoms with Crippen LogP contribution in [-0.2, 0) is 12.1 Å². The lowest BCUT2D eigenvalue weighted by Crippen LogP contribution is -2.20. The van der Waals surface area contributed by atoms with Crippen molar-refractivity contribution in [3.8, 4) is 0 Å². The maximum Gasteiger partial charge on any atom is 0.156 e. The number of halogens is 1. The fourth-order valence-electron chi connectivity index (χ4n) is 1.55. The molecule has 1 aromatic rings. The number of hydrogen-bond donors (Lipinski definition) is 1. The van der Waals surface area contributed by atoms with Crippen LogP contribution in [0.1, 0.15) is 31.9 Å². The Hall–Kier alpha value is -0.890. The van der Waals surface area contributed by atoms with Gasteiger partial charge in [-0.1, -0.05) is 38.1 Å². The standard InChI is InChI=1S/C13H19FO/c1-10(2)8-11-4-6-12(7-5-11)13(3,14)9-15/h4-7,10,15H,8-9H2,1-3H3. The van der Waals surface area contributed by atoms with Crippen molar-refractivity contribution in [3.05, 3.63) is 35.4 Å². The molecule has 0 heterocycles. The van der Waals surface area contributed by atoms with Gasteiger partial charge in [-0.05, 0) is 30.4 Å². The summed E-state index contributed by atoms with van der Waals surface area (Å²) < 4.78 is 13.7. The first kappa shape index (κ1) is 12.2. The minimum absolute atomic E-state index is 0.476. The summed E-state index contributed by atoms with van der Waals surface area (Å²) in [5.74, 6) is 0.602. The summed E-state index contributed by atoms with van der Waals surface area (Å²) in [6, 6.07) is 7.38. The number of benzene rings is 1. The number of aliphatic hydroxyl groups excluding tert-OH is 1. The first-order chi connectivity index (χ1) is 6.95. The van der Waals surface area contributed by atoms with E-state index in [9.17, 15) is 4.39 Å². The van der Waals surface area contributed by atoms with Gasteiger partial charge in [0.15, 0.2) is 5.67 Å². The SMILES string of the molecule is CC(C)Cc1ccc(C(C)(F)CO)cc1. The number of hydrogen-bond acceptors (Lipinski definition) is 1. The predicted molar refractivity (Wildman–Crippen MR) is 60.5 cm³/mol. The Morgan fingerprint density at radius 2 is 1.80 bits per heavy atom. The molecule has 1 N–H and O–H groups in total. The van der Waals surface area contributed by atoms with E-state index in [1.54, 1.807) is 12.1 Å². The Kier molecular flexibility index (Phi) is 3.86. The highest BCUT2D eigenvalue weighted by Gasteiger charge is 2.24. The maximum atomic E-state index is 13.7. The molecule has 1 aromatic carbocycles. The zero-order valence-corrected chi connectivity index (χ0v) is 9.63. The topological polar surface area (TPSA) is 20.2 Å². The Balaban J connectivity index is 2.81. The van der Waals surface area contributed by atoms with Crippen LogP contribution in [0.5, 0.6) is 0 Å². The van der Waals surface area contributed by atoms with E-state index in [1.165, 1.54) is 12.5 Å². The van der Waals surface area contributed by atoms with Crippen molar-refractivity contribution < 1.29 is 9.50 Å². The number of aliphatic hydroxyl groups is 1. The van der Waals surface area contributed by atoms with E-state index in [2.05, 4.69) is 13.8 Å². The molecule has 0 aliphatic rings. The van der Waals surface area contributed by atoms with E-state index in [0.29, 0.717) is 11.5 Å². The zero-order chi connectivity index (χ0) is 11.5. The minimum atomic E-state index is -1.63. The molecule has 15 heavy (non-hydrogen) atoms. The van der Waals surface area contributed by atoms with Crippen molar-refractivity contribution in [2.24, 2.45) is 5.92 Å². The van der Waals surface area contributed by atoms with Gasteiger partial charge in [0.25, 0.3) is 0 Å². The molecule has 84 valence electrons. The third-order valence-corrected chi connectivity index (χ3v) is 2.50. The van der Waals surface area contributed by atoms with Gasteiger partial charge < -0.3 is 5.11 Å². The average molecular weight is 210 g/mol. The largest absolute Gasteiger partial charge is 0.393 e. The molecule has 0 spiro atoms. The molecule has 0 aliphatic heterocycles. The van der Waals surface area contributed by atoms with E-state index in [4.69, 9.17) is 5.11 Å². The highest BCUT2D eigenvalue weighted by molar-refractivity contribution is 5.27. The van der Waals surface area contributed by atoms with Crippen molar-refractivity contribution in [1.82, 2.24) is 0 Å². The van der Waals surface area contributed by atoms with Crippen molar-refractivity contribution in [2.75, 3.05) is 6.61 Å². The smallest absolute Gasteiger partial charge is 0.156 e. The van der Waals surface area contributed by atoms with E-state index in [-0.39, 0.29) is 0 Å². The van der Waals surface area contributed by atoms with Crippen LogP contribution in [0.3, 0.4) is 0 Å². The van der Waals surface area contributed by atoms with Crippen LogP contribution in [0.15, 0.2) is 24.3 Å². The monoisotopic (exact) mass is 210 g/mol. The molecule has 0 saturated heterocycles. The van der Waals surface area contributed by atoms with Gasteiger partial charge in [0.1, 0.15) is 0 Å². The van der Waals surface area contributed by atoms with Gasteiger partial charge in [-0.3, -0.25) is 0 Å². The van der Waals surface area contributed by atoms with E-state index in [0.717, 1.165) is 6.42 Å². The summed E-state index contributed by atoms with van der Waals surface area (Å²) in [4.78, 5) is 0. The van der Waals surface area contributed by atoms with E-state index in [1.807, 2.05) is 12.1 Å². The summed E-state index contributed by atoms with van der Waals surface area (Å²) in [6.45, 7) is 5.22. The molecule has 1 unspecified atom stereocenters. The second-order valence-corrected chi connectivity index (χ2v) is 4.65. The molecule has 0 bridgehead atoms. The van der Waals surface area contributed by atoms with Crippen LogP contribution in [0.2, 0.25) is 0 Å². The quantitative estimate of drug-likeness (QED) is 0.809. The maximum absolute atomic E-state index is 13.7. The summed E-state index contributed by atoms with van der Waals surface area (Å²) in [5.41, 5.74) is 0.121. The van der Waals surface area contributed by atoms with Crippen LogP contribution in [0, 0.1) is 5.92 Å². The fourth-order valence-corrected chi connectivity index (χ4v) is 1.55. The molecule has 0 fully saturated rings. The summed E-state index contributed by atoms with van der Waals surface area (Å²) in [5, 5.41) is 8.89. The summed E-state index contributed by atoms with van der Waals surface area (Å²) in [7, 11) is 0. The zero-order valence-electron chi connectivity index (χ0n) is 9.63. The molecule has 0 aliphatic carbocycles. The van der Waals surface area contributed by atoms with Crippen molar-refractivity contribution in [3.63, 3.8) is 0 Å². The first-order valence-corrected chi connectivity index (χ1v) is 5.35. The highest BCUT2D eigenvalue weighted by atomic mass is 19.1. The molecular weight excluding hydrogens is 191 g/mol. The van der Waals surface area contributed by atoms with Crippen molar-refractivity contribution >= 4 is 0 Å². The van der Waals surface area contributed by atoms with Crippen LogP contribution in [0.25, 0.3) is 0 Å². The Labute approximate surface area is 90.9 Å². The van der Waals surface area contributed by atoms with Gasteiger partial charge in [0.05, 0.1) is 6.61 Å². The molecule has 2 heteroatoms. The summed E-state index contributed by atoms with van der Waals surface area (Å²) >= 11 is 0. The average Bonchev–Trinajstić information content (AvgIpc) is 2.18. The van der Waals surface area contributed by atoms with Crippen molar-refractivity contribution in [1.29, 1.82) is 0 Å². The molecule has 0 amide bonds. The van der Waals surface area contributed by atoms with E-state index >= 15 is 0 Å². The van der Waals surface area contributed by atoms with Gasteiger partial charge >= 0.3 is 0 Å². The van der Waals surface area contributed by atoms with Gasteiger partial charge in [-0.2, -0.15) is 0 Å². The highest BCUT2D eigenvalue weighted by Crippen LogP contribution is 2.25. The van der Waals surface area contributed by atoms with Crippen LogP contribution in [0.4, 0.5) is 4.39 Å². The Morgan fingerprint density at radius 3 is 2.20 bits per heavy atom. The molecule has 0 aromatic heterocycles.